The number of nitrogen functional groups attached to an aromatic ring is 4. The molecule has 0 unspecified atom stereocenters. The quantitative estimate of drug-likeness (QED) is 0.152. The Balaban J connectivity index is 1.78. The van der Waals surface area contributed by atoms with Crippen molar-refractivity contribution in [2.24, 2.45) is 0 Å². The van der Waals surface area contributed by atoms with E-state index in [4.69, 9.17) is 22.9 Å². The molecule has 0 aliphatic heterocycles. The second kappa shape index (κ2) is 5.61. The van der Waals surface area contributed by atoms with Gasteiger partial charge in [0.1, 0.15) is 0 Å². The Hall–Kier alpha value is -4.70. The number of rotatable bonds is 0. The first-order chi connectivity index (χ1) is 16.5. The highest BCUT2D eigenvalue weighted by molar-refractivity contribution is 6.43. The SMILES string of the molecule is Nc1cc2c3cc4c5ccccc5c5c(N)c(N)cc(c3cc3c6ccccc6c(c1N)c23)c45. The predicted molar refractivity (Wildman–Crippen MR) is 149 cm³/mol. The van der Waals surface area contributed by atoms with E-state index in [9.17, 15) is 0 Å². The van der Waals surface area contributed by atoms with Crippen LogP contribution in [0.1, 0.15) is 0 Å². The van der Waals surface area contributed by atoms with Gasteiger partial charge in [0.2, 0.25) is 0 Å². The van der Waals surface area contributed by atoms with Crippen molar-refractivity contribution in [3.8, 4) is 0 Å². The van der Waals surface area contributed by atoms with Gasteiger partial charge in [0, 0.05) is 21.5 Å². The molecule has 8 aromatic rings. The maximum Gasteiger partial charge on any atom is 0.0634 e. The van der Waals surface area contributed by atoms with Gasteiger partial charge in [-0.15, -0.1) is 0 Å². The van der Waals surface area contributed by atoms with Crippen molar-refractivity contribution in [2.45, 2.75) is 0 Å². The van der Waals surface area contributed by atoms with E-state index in [-0.39, 0.29) is 0 Å². The third-order valence-corrected chi connectivity index (χ3v) is 7.76. The summed E-state index contributed by atoms with van der Waals surface area (Å²) in [6, 6.07) is 25.5. The zero-order chi connectivity index (χ0) is 22.9. The maximum atomic E-state index is 6.55. The highest BCUT2D eigenvalue weighted by atomic mass is 14.7. The standard InChI is InChI=1S/C30H20N4/c31-23-11-21-18-10-20-14-6-2-4-8-16(14)28-26(20)22(12-24(32)30(28)34)17(18)9-19-13-5-1-3-7-15(13)27(25(19)21)29(23)33/h1-12H,31-34H2. The molecule has 0 bridgehead atoms. The van der Waals surface area contributed by atoms with Gasteiger partial charge in [-0.1, -0.05) is 48.5 Å². The van der Waals surface area contributed by atoms with Gasteiger partial charge < -0.3 is 22.9 Å². The van der Waals surface area contributed by atoms with Crippen LogP contribution in [0.25, 0.3) is 75.4 Å². The Labute approximate surface area is 194 Å². The molecule has 0 atom stereocenters. The monoisotopic (exact) mass is 436 g/mol. The van der Waals surface area contributed by atoms with Crippen LogP contribution in [0.15, 0.2) is 72.8 Å². The Kier molecular flexibility index (Phi) is 2.94. The molecule has 4 nitrogen and oxygen atoms in total. The number of benzene rings is 6. The molecule has 0 aromatic heterocycles. The minimum absolute atomic E-state index is 0.604. The lowest BCUT2D eigenvalue weighted by Gasteiger charge is -2.13. The fraction of sp³-hybridized carbons (Fsp3) is 0. The average Bonchev–Trinajstić information content (AvgIpc) is 3.36. The van der Waals surface area contributed by atoms with Gasteiger partial charge in [0.05, 0.1) is 22.7 Å². The van der Waals surface area contributed by atoms with Gasteiger partial charge in [0.15, 0.2) is 0 Å². The maximum absolute atomic E-state index is 6.55. The smallest absolute Gasteiger partial charge is 0.0634 e. The summed E-state index contributed by atoms with van der Waals surface area (Å²) in [6.07, 6.45) is 0. The Morgan fingerprint density at radius 2 is 0.676 bits per heavy atom. The van der Waals surface area contributed by atoms with Crippen LogP contribution in [0.4, 0.5) is 22.7 Å². The van der Waals surface area contributed by atoms with Crippen molar-refractivity contribution >= 4 is 98.2 Å². The van der Waals surface area contributed by atoms with Gasteiger partial charge in [-0.2, -0.15) is 0 Å². The van der Waals surface area contributed by atoms with Crippen LogP contribution >= 0.6 is 0 Å². The van der Waals surface area contributed by atoms with Crippen LogP contribution in [-0.4, -0.2) is 0 Å². The predicted octanol–water partition coefficient (Wildman–Crippen LogP) is 6.96. The van der Waals surface area contributed by atoms with Gasteiger partial charge in [-0.25, -0.2) is 0 Å². The molecular formula is C30H20N4. The van der Waals surface area contributed by atoms with Crippen LogP contribution in [0.5, 0.6) is 0 Å². The summed E-state index contributed by atoms with van der Waals surface area (Å²) in [6.45, 7) is 0. The molecule has 0 amide bonds. The largest absolute Gasteiger partial charge is 0.397 e. The number of hydrogen-bond acceptors (Lipinski definition) is 4. The molecule has 0 saturated heterocycles. The van der Waals surface area contributed by atoms with E-state index in [1.807, 2.05) is 12.1 Å². The zero-order valence-corrected chi connectivity index (χ0v) is 18.2. The van der Waals surface area contributed by atoms with Gasteiger partial charge in [0.25, 0.3) is 0 Å². The molecule has 8 N–H and O–H groups in total. The van der Waals surface area contributed by atoms with Crippen LogP contribution in [0.3, 0.4) is 0 Å². The van der Waals surface area contributed by atoms with Gasteiger partial charge in [-0.05, 0) is 78.1 Å². The van der Waals surface area contributed by atoms with Crippen LogP contribution in [0.2, 0.25) is 0 Å². The van der Waals surface area contributed by atoms with Crippen molar-refractivity contribution in [3.63, 3.8) is 0 Å². The topological polar surface area (TPSA) is 104 Å². The molecule has 0 aliphatic rings. The average molecular weight is 437 g/mol. The Morgan fingerprint density at radius 3 is 1.09 bits per heavy atom. The lowest BCUT2D eigenvalue weighted by atomic mass is 9.92. The molecule has 0 fully saturated rings. The molecule has 0 spiro atoms. The van der Waals surface area contributed by atoms with E-state index in [2.05, 4.69) is 60.7 Å². The van der Waals surface area contributed by atoms with Crippen molar-refractivity contribution in [3.05, 3.63) is 72.8 Å². The summed E-state index contributed by atoms with van der Waals surface area (Å²) in [5.41, 5.74) is 28.6. The molecule has 8 aromatic carbocycles. The summed E-state index contributed by atoms with van der Waals surface area (Å²) in [5.74, 6) is 0. The first kappa shape index (κ1) is 17.8. The molecular weight excluding hydrogens is 416 g/mol. The van der Waals surface area contributed by atoms with Crippen molar-refractivity contribution < 1.29 is 0 Å². The lowest BCUT2D eigenvalue weighted by molar-refractivity contribution is 1.77. The molecule has 0 heterocycles. The fourth-order valence-electron chi connectivity index (χ4n) is 6.31. The van der Waals surface area contributed by atoms with Gasteiger partial charge >= 0.3 is 0 Å². The van der Waals surface area contributed by atoms with E-state index in [0.717, 1.165) is 43.1 Å². The van der Waals surface area contributed by atoms with E-state index in [1.165, 1.54) is 32.3 Å². The van der Waals surface area contributed by atoms with E-state index in [1.54, 1.807) is 0 Å². The molecule has 0 saturated carbocycles. The first-order valence-electron chi connectivity index (χ1n) is 11.4. The van der Waals surface area contributed by atoms with E-state index >= 15 is 0 Å². The van der Waals surface area contributed by atoms with Crippen molar-refractivity contribution in [1.29, 1.82) is 0 Å². The molecule has 0 radical (unpaired) electrons. The number of nitrogens with two attached hydrogens (primary N) is 4. The molecule has 8 rings (SSSR count). The van der Waals surface area contributed by atoms with Crippen molar-refractivity contribution in [1.82, 2.24) is 0 Å². The fourth-order valence-corrected chi connectivity index (χ4v) is 6.31. The third kappa shape index (κ3) is 1.84. The molecule has 160 valence electrons. The normalized spacial score (nSPS) is 12.6. The lowest BCUT2D eigenvalue weighted by Crippen LogP contribution is -1.96. The zero-order valence-electron chi connectivity index (χ0n) is 18.2. The number of anilines is 4. The highest BCUT2D eigenvalue weighted by Crippen LogP contribution is 2.51. The molecule has 0 aliphatic carbocycles. The van der Waals surface area contributed by atoms with E-state index < -0.39 is 0 Å². The number of fused-ring (bicyclic) bond motifs is 9. The molecule has 34 heavy (non-hydrogen) atoms. The van der Waals surface area contributed by atoms with Crippen LogP contribution in [0, 0.1) is 0 Å². The summed E-state index contributed by atoms with van der Waals surface area (Å²) >= 11 is 0. The summed E-state index contributed by atoms with van der Waals surface area (Å²) in [5, 5.41) is 15.9. The molecule has 4 heteroatoms. The summed E-state index contributed by atoms with van der Waals surface area (Å²) < 4.78 is 0. The second-order valence-corrected chi connectivity index (χ2v) is 9.39. The number of hydrogen-bond donors (Lipinski definition) is 4. The third-order valence-electron chi connectivity index (χ3n) is 7.76. The van der Waals surface area contributed by atoms with E-state index in [0.29, 0.717) is 22.7 Å². The summed E-state index contributed by atoms with van der Waals surface area (Å²) in [4.78, 5) is 0. The van der Waals surface area contributed by atoms with Gasteiger partial charge in [-0.3, -0.25) is 0 Å². The van der Waals surface area contributed by atoms with Crippen LogP contribution < -0.4 is 22.9 Å². The van der Waals surface area contributed by atoms with Crippen molar-refractivity contribution in [2.75, 3.05) is 22.9 Å². The Bertz CT molecular complexity index is 2000. The first-order valence-corrected chi connectivity index (χ1v) is 11.4. The minimum Gasteiger partial charge on any atom is -0.397 e. The highest BCUT2D eigenvalue weighted by Gasteiger charge is 2.22. The van der Waals surface area contributed by atoms with Crippen LogP contribution in [-0.2, 0) is 0 Å². The minimum atomic E-state index is 0.604. The Morgan fingerprint density at radius 1 is 0.324 bits per heavy atom. The summed E-state index contributed by atoms with van der Waals surface area (Å²) in [7, 11) is 0. The second-order valence-electron chi connectivity index (χ2n) is 9.39.